The molecule has 0 radical (unpaired) electrons. The number of piperazine rings is 1. The molecule has 2 fully saturated rings. The molecule has 2 atom stereocenters. The zero-order valence-electron chi connectivity index (χ0n) is 12.7. The van der Waals surface area contributed by atoms with Crippen LogP contribution in [0, 0.1) is 0 Å². The molecule has 0 bridgehead atoms. The van der Waals surface area contributed by atoms with Gasteiger partial charge < -0.3 is 15.4 Å². The number of rotatable bonds is 7. The first-order chi connectivity index (χ1) is 9.70. The Balaban J connectivity index is 1.69. The summed E-state index contributed by atoms with van der Waals surface area (Å²) in [6.07, 6.45) is 6.42. The SMILES string of the molecule is CCCC(C(N)=S)N1CCN(CCC2CCCO2)CC1. The molecule has 0 spiro atoms. The first kappa shape index (κ1) is 16.1. The zero-order chi connectivity index (χ0) is 14.4. The van der Waals surface area contributed by atoms with Crippen LogP contribution in [-0.2, 0) is 4.74 Å². The summed E-state index contributed by atoms with van der Waals surface area (Å²) in [6.45, 7) is 8.78. The van der Waals surface area contributed by atoms with Crippen molar-refractivity contribution in [3.8, 4) is 0 Å². The first-order valence-corrected chi connectivity index (χ1v) is 8.49. The topological polar surface area (TPSA) is 41.7 Å². The first-order valence-electron chi connectivity index (χ1n) is 8.08. The van der Waals surface area contributed by atoms with Gasteiger partial charge in [0.15, 0.2) is 0 Å². The van der Waals surface area contributed by atoms with Crippen LogP contribution in [0.4, 0.5) is 0 Å². The van der Waals surface area contributed by atoms with Crippen LogP contribution in [0.2, 0.25) is 0 Å². The van der Waals surface area contributed by atoms with Gasteiger partial charge in [-0.05, 0) is 25.7 Å². The molecular weight excluding hydrogens is 270 g/mol. The van der Waals surface area contributed by atoms with Crippen molar-refractivity contribution in [1.82, 2.24) is 9.80 Å². The maximum atomic E-state index is 5.89. The van der Waals surface area contributed by atoms with Crippen LogP contribution in [0.15, 0.2) is 0 Å². The van der Waals surface area contributed by atoms with Gasteiger partial charge >= 0.3 is 0 Å². The number of ether oxygens (including phenoxy) is 1. The molecule has 2 N–H and O–H groups in total. The van der Waals surface area contributed by atoms with Crippen molar-refractivity contribution in [2.45, 2.75) is 51.2 Å². The van der Waals surface area contributed by atoms with E-state index in [9.17, 15) is 0 Å². The van der Waals surface area contributed by atoms with Crippen LogP contribution in [-0.4, -0.2) is 66.3 Å². The van der Waals surface area contributed by atoms with Gasteiger partial charge in [0.05, 0.1) is 17.1 Å². The second-order valence-corrected chi connectivity index (χ2v) is 6.48. The average molecular weight is 299 g/mol. The van der Waals surface area contributed by atoms with E-state index in [1.54, 1.807) is 0 Å². The minimum atomic E-state index is 0.301. The molecule has 0 saturated carbocycles. The van der Waals surface area contributed by atoms with Gasteiger partial charge in [0, 0.05) is 39.3 Å². The second kappa shape index (κ2) is 8.27. The minimum absolute atomic E-state index is 0.301. The van der Waals surface area contributed by atoms with E-state index in [-0.39, 0.29) is 0 Å². The van der Waals surface area contributed by atoms with Gasteiger partial charge in [-0.25, -0.2) is 0 Å². The molecule has 5 heteroatoms. The van der Waals surface area contributed by atoms with Crippen molar-refractivity contribution in [3.63, 3.8) is 0 Å². The van der Waals surface area contributed by atoms with Gasteiger partial charge in [0.25, 0.3) is 0 Å². The molecule has 0 aromatic rings. The third kappa shape index (κ3) is 4.65. The third-order valence-corrected chi connectivity index (χ3v) is 4.80. The maximum Gasteiger partial charge on any atom is 0.0902 e. The molecule has 0 amide bonds. The normalized spacial score (nSPS) is 26.8. The van der Waals surface area contributed by atoms with Crippen molar-refractivity contribution in [2.75, 3.05) is 39.3 Å². The van der Waals surface area contributed by atoms with Crippen LogP contribution in [0.25, 0.3) is 0 Å². The van der Waals surface area contributed by atoms with Crippen LogP contribution >= 0.6 is 12.2 Å². The maximum absolute atomic E-state index is 5.89. The molecule has 0 aromatic carbocycles. The molecule has 20 heavy (non-hydrogen) atoms. The Kier molecular flexibility index (Phi) is 6.68. The van der Waals surface area contributed by atoms with E-state index < -0.39 is 0 Å². The van der Waals surface area contributed by atoms with Crippen LogP contribution < -0.4 is 5.73 Å². The predicted octanol–water partition coefficient (Wildman–Crippen LogP) is 1.63. The highest BCUT2D eigenvalue weighted by molar-refractivity contribution is 7.80. The van der Waals surface area contributed by atoms with Gasteiger partial charge in [-0.1, -0.05) is 25.6 Å². The summed E-state index contributed by atoms with van der Waals surface area (Å²) in [5, 5.41) is 0. The Bertz CT molecular complexity index is 299. The molecule has 116 valence electrons. The zero-order valence-corrected chi connectivity index (χ0v) is 13.5. The highest BCUT2D eigenvalue weighted by Gasteiger charge is 2.25. The number of hydrogen-bond acceptors (Lipinski definition) is 4. The molecular formula is C15H29N3OS. The Labute approximate surface area is 128 Å². The lowest BCUT2D eigenvalue weighted by Gasteiger charge is -2.39. The molecule has 2 rings (SSSR count). The molecule has 4 nitrogen and oxygen atoms in total. The Morgan fingerprint density at radius 2 is 2.10 bits per heavy atom. The Morgan fingerprint density at radius 3 is 2.65 bits per heavy atom. The summed E-state index contributed by atoms with van der Waals surface area (Å²) in [5.74, 6) is 0. The highest BCUT2D eigenvalue weighted by Crippen LogP contribution is 2.17. The van der Waals surface area contributed by atoms with Crippen LogP contribution in [0.1, 0.15) is 39.0 Å². The summed E-state index contributed by atoms with van der Waals surface area (Å²) in [7, 11) is 0. The highest BCUT2D eigenvalue weighted by atomic mass is 32.1. The fourth-order valence-electron chi connectivity index (χ4n) is 3.28. The Morgan fingerprint density at radius 1 is 1.35 bits per heavy atom. The predicted molar refractivity (Wildman–Crippen MR) is 87.1 cm³/mol. The van der Waals surface area contributed by atoms with Crippen molar-refractivity contribution in [1.29, 1.82) is 0 Å². The molecule has 0 aromatic heterocycles. The lowest BCUT2D eigenvalue weighted by Crippen LogP contribution is -2.53. The van der Waals surface area contributed by atoms with E-state index in [4.69, 9.17) is 22.7 Å². The van der Waals surface area contributed by atoms with E-state index in [1.165, 1.54) is 25.8 Å². The van der Waals surface area contributed by atoms with Crippen molar-refractivity contribution in [3.05, 3.63) is 0 Å². The van der Waals surface area contributed by atoms with Gasteiger partial charge in [0.1, 0.15) is 0 Å². The van der Waals surface area contributed by atoms with E-state index >= 15 is 0 Å². The van der Waals surface area contributed by atoms with Crippen LogP contribution in [0.3, 0.4) is 0 Å². The molecule has 2 heterocycles. The number of hydrogen-bond donors (Lipinski definition) is 1. The summed E-state index contributed by atoms with van der Waals surface area (Å²) >= 11 is 5.22. The fraction of sp³-hybridized carbons (Fsp3) is 0.933. The summed E-state index contributed by atoms with van der Waals surface area (Å²) in [6, 6.07) is 0.301. The van der Waals surface area contributed by atoms with E-state index in [0.717, 1.165) is 45.6 Å². The summed E-state index contributed by atoms with van der Waals surface area (Å²) in [5.41, 5.74) is 5.89. The number of nitrogens with zero attached hydrogens (tertiary/aromatic N) is 2. The standard InChI is InChI=1S/C15H29N3OS/c1-2-4-14(15(16)20)18-10-8-17(9-11-18)7-6-13-5-3-12-19-13/h13-14H,2-12H2,1H3,(H2,16,20). The molecule has 2 saturated heterocycles. The third-order valence-electron chi connectivity index (χ3n) is 4.53. The summed E-state index contributed by atoms with van der Waals surface area (Å²) in [4.78, 5) is 5.69. The van der Waals surface area contributed by atoms with Gasteiger partial charge in [-0.2, -0.15) is 0 Å². The largest absolute Gasteiger partial charge is 0.392 e. The number of thiocarbonyl (C=S) groups is 1. The lowest BCUT2D eigenvalue weighted by molar-refractivity contribution is 0.0730. The van der Waals surface area contributed by atoms with Crippen molar-refractivity contribution >= 4 is 17.2 Å². The quantitative estimate of drug-likeness (QED) is 0.724. The van der Waals surface area contributed by atoms with E-state index in [2.05, 4.69) is 16.7 Å². The summed E-state index contributed by atoms with van der Waals surface area (Å²) < 4.78 is 5.70. The van der Waals surface area contributed by atoms with Crippen LogP contribution in [0.5, 0.6) is 0 Å². The molecule has 2 aliphatic rings. The van der Waals surface area contributed by atoms with Gasteiger partial charge in [-0.3, -0.25) is 4.90 Å². The molecule has 2 aliphatic heterocycles. The fourth-order valence-corrected chi connectivity index (χ4v) is 3.54. The Hall–Kier alpha value is -0.230. The molecule has 2 unspecified atom stereocenters. The van der Waals surface area contributed by atoms with Gasteiger partial charge in [0.2, 0.25) is 0 Å². The van der Waals surface area contributed by atoms with E-state index in [0.29, 0.717) is 17.1 Å². The van der Waals surface area contributed by atoms with Gasteiger partial charge in [-0.15, -0.1) is 0 Å². The smallest absolute Gasteiger partial charge is 0.0902 e. The number of nitrogens with two attached hydrogens (primary N) is 1. The molecule has 0 aliphatic carbocycles. The second-order valence-electron chi connectivity index (χ2n) is 6.01. The van der Waals surface area contributed by atoms with Crippen molar-refractivity contribution in [2.24, 2.45) is 5.73 Å². The minimum Gasteiger partial charge on any atom is -0.392 e. The van der Waals surface area contributed by atoms with Crippen molar-refractivity contribution < 1.29 is 4.74 Å². The average Bonchev–Trinajstić information content (AvgIpc) is 2.96. The lowest BCUT2D eigenvalue weighted by atomic mass is 10.1. The monoisotopic (exact) mass is 299 g/mol. The van der Waals surface area contributed by atoms with E-state index in [1.807, 2.05) is 0 Å².